The van der Waals surface area contributed by atoms with Gasteiger partial charge in [0, 0.05) is 31.6 Å². The van der Waals surface area contributed by atoms with Crippen LogP contribution < -0.4 is 5.73 Å². The first kappa shape index (κ1) is 11.4. The molecule has 0 bridgehead atoms. The van der Waals surface area contributed by atoms with Gasteiger partial charge in [0.15, 0.2) is 0 Å². The SMILES string of the molecule is CC(CN)C(=O)N1CCN(C2CC2)C(=O)C1. The van der Waals surface area contributed by atoms with Gasteiger partial charge in [-0.1, -0.05) is 6.92 Å². The molecule has 5 nitrogen and oxygen atoms in total. The lowest BCUT2D eigenvalue weighted by Gasteiger charge is -2.35. The van der Waals surface area contributed by atoms with E-state index in [1.807, 2.05) is 4.90 Å². The predicted octanol–water partition coefficient (Wildman–Crippen LogP) is -0.586. The van der Waals surface area contributed by atoms with Gasteiger partial charge in [0.25, 0.3) is 0 Å². The van der Waals surface area contributed by atoms with Gasteiger partial charge < -0.3 is 15.5 Å². The number of nitrogens with two attached hydrogens (primary N) is 1. The van der Waals surface area contributed by atoms with E-state index < -0.39 is 0 Å². The van der Waals surface area contributed by atoms with Crippen LogP contribution in [0.2, 0.25) is 0 Å². The molecule has 2 fully saturated rings. The van der Waals surface area contributed by atoms with E-state index in [2.05, 4.69) is 0 Å². The minimum atomic E-state index is -0.180. The van der Waals surface area contributed by atoms with Gasteiger partial charge in [-0.25, -0.2) is 0 Å². The van der Waals surface area contributed by atoms with E-state index in [4.69, 9.17) is 5.73 Å². The lowest BCUT2D eigenvalue weighted by Crippen LogP contribution is -2.54. The number of hydrogen-bond donors (Lipinski definition) is 1. The quantitative estimate of drug-likeness (QED) is 0.698. The zero-order chi connectivity index (χ0) is 11.7. The molecule has 0 aromatic rings. The van der Waals surface area contributed by atoms with Crippen molar-refractivity contribution in [1.29, 1.82) is 0 Å². The predicted molar refractivity (Wildman–Crippen MR) is 59.5 cm³/mol. The van der Waals surface area contributed by atoms with Gasteiger partial charge in [-0.3, -0.25) is 9.59 Å². The van der Waals surface area contributed by atoms with Crippen LogP contribution in [-0.4, -0.2) is 53.8 Å². The number of piperazine rings is 1. The molecule has 1 saturated heterocycles. The Bertz CT molecular complexity index is 302. The second-order valence-corrected chi connectivity index (χ2v) is 4.71. The summed E-state index contributed by atoms with van der Waals surface area (Å²) in [5, 5.41) is 0. The number of rotatable bonds is 3. The first-order valence-electron chi connectivity index (χ1n) is 5.91. The van der Waals surface area contributed by atoms with Crippen molar-refractivity contribution >= 4 is 11.8 Å². The highest BCUT2D eigenvalue weighted by Crippen LogP contribution is 2.28. The molecule has 2 rings (SSSR count). The Hall–Kier alpha value is -1.10. The van der Waals surface area contributed by atoms with Gasteiger partial charge in [-0.15, -0.1) is 0 Å². The Morgan fingerprint density at radius 2 is 2.19 bits per heavy atom. The summed E-state index contributed by atoms with van der Waals surface area (Å²) in [6.45, 7) is 3.73. The molecule has 1 aliphatic heterocycles. The lowest BCUT2D eigenvalue weighted by atomic mass is 10.1. The van der Waals surface area contributed by atoms with E-state index >= 15 is 0 Å². The topological polar surface area (TPSA) is 66.6 Å². The van der Waals surface area contributed by atoms with Gasteiger partial charge in [0.1, 0.15) is 0 Å². The van der Waals surface area contributed by atoms with Crippen LogP contribution in [0.3, 0.4) is 0 Å². The molecule has 16 heavy (non-hydrogen) atoms. The third-order valence-electron chi connectivity index (χ3n) is 3.33. The molecule has 1 aliphatic carbocycles. The monoisotopic (exact) mass is 225 g/mol. The maximum Gasteiger partial charge on any atom is 0.242 e. The van der Waals surface area contributed by atoms with E-state index in [1.165, 1.54) is 0 Å². The van der Waals surface area contributed by atoms with E-state index in [9.17, 15) is 9.59 Å². The van der Waals surface area contributed by atoms with E-state index in [0.29, 0.717) is 25.7 Å². The molecule has 1 saturated carbocycles. The molecule has 0 radical (unpaired) electrons. The number of carbonyl (C=O) groups excluding carboxylic acids is 2. The summed E-state index contributed by atoms with van der Waals surface area (Å²) in [4.78, 5) is 27.2. The highest BCUT2D eigenvalue weighted by Gasteiger charge is 2.37. The minimum absolute atomic E-state index is 0.00583. The van der Waals surface area contributed by atoms with Crippen LogP contribution in [-0.2, 0) is 9.59 Å². The average molecular weight is 225 g/mol. The summed E-state index contributed by atoms with van der Waals surface area (Å²) in [7, 11) is 0. The largest absolute Gasteiger partial charge is 0.336 e. The molecule has 2 amide bonds. The molecule has 2 N–H and O–H groups in total. The van der Waals surface area contributed by atoms with Crippen LogP contribution in [0.25, 0.3) is 0 Å². The fourth-order valence-electron chi connectivity index (χ4n) is 2.06. The number of hydrogen-bond acceptors (Lipinski definition) is 3. The van der Waals surface area contributed by atoms with Crippen molar-refractivity contribution in [2.45, 2.75) is 25.8 Å². The zero-order valence-corrected chi connectivity index (χ0v) is 9.69. The molecule has 0 aromatic carbocycles. The molecule has 5 heteroatoms. The summed E-state index contributed by atoms with van der Waals surface area (Å²) < 4.78 is 0. The molecule has 1 heterocycles. The third-order valence-corrected chi connectivity index (χ3v) is 3.33. The number of nitrogens with zero attached hydrogens (tertiary/aromatic N) is 2. The third kappa shape index (κ3) is 2.19. The molecule has 1 atom stereocenters. The highest BCUT2D eigenvalue weighted by molar-refractivity contribution is 5.87. The van der Waals surface area contributed by atoms with Gasteiger partial charge in [-0.2, -0.15) is 0 Å². The standard InChI is InChI=1S/C11H19N3O2/c1-8(6-12)11(16)13-4-5-14(9-2-3-9)10(15)7-13/h8-9H,2-7,12H2,1H3. The number of carbonyl (C=O) groups is 2. The average Bonchev–Trinajstić information content (AvgIpc) is 3.10. The van der Waals surface area contributed by atoms with Crippen molar-refractivity contribution in [2.24, 2.45) is 11.7 Å². The van der Waals surface area contributed by atoms with Crippen LogP contribution in [0.1, 0.15) is 19.8 Å². The number of amides is 2. The Labute approximate surface area is 95.6 Å². The van der Waals surface area contributed by atoms with Crippen molar-refractivity contribution in [1.82, 2.24) is 9.80 Å². The van der Waals surface area contributed by atoms with Crippen LogP contribution in [0.5, 0.6) is 0 Å². The normalized spacial score (nSPS) is 23.5. The molecular formula is C11H19N3O2. The van der Waals surface area contributed by atoms with Crippen molar-refractivity contribution in [3.05, 3.63) is 0 Å². The van der Waals surface area contributed by atoms with Crippen molar-refractivity contribution < 1.29 is 9.59 Å². The van der Waals surface area contributed by atoms with Crippen LogP contribution in [0, 0.1) is 5.92 Å². The second kappa shape index (κ2) is 4.41. The maximum atomic E-state index is 11.8. The van der Waals surface area contributed by atoms with Crippen LogP contribution in [0.15, 0.2) is 0 Å². The van der Waals surface area contributed by atoms with Crippen LogP contribution in [0.4, 0.5) is 0 Å². The fourth-order valence-corrected chi connectivity index (χ4v) is 2.06. The molecule has 0 aromatic heterocycles. The van der Waals surface area contributed by atoms with Crippen molar-refractivity contribution in [3.8, 4) is 0 Å². The molecular weight excluding hydrogens is 206 g/mol. The summed E-state index contributed by atoms with van der Waals surface area (Å²) in [5.74, 6) is -0.0853. The van der Waals surface area contributed by atoms with E-state index in [0.717, 1.165) is 12.8 Å². The first-order valence-corrected chi connectivity index (χ1v) is 5.91. The van der Waals surface area contributed by atoms with Crippen molar-refractivity contribution in [3.63, 3.8) is 0 Å². The lowest BCUT2D eigenvalue weighted by molar-refractivity contribution is -0.147. The Morgan fingerprint density at radius 3 is 2.69 bits per heavy atom. The minimum Gasteiger partial charge on any atom is -0.336 e. The summed E-state index contributed by atoms with van der Waals surface area (Å²) in [6, 6.07) is 0.455. The summed E-state index contributed by atoms with van der Waals surface area (Å²) in [5.41, 5.74) is 5.46. The van der Waals surface area contributed by atoms with E-state index in [-0.39, 0.29) is 24.3 Å². The summed E-state index contributed by atoms with van der Waals surface area (Å²) in [6.07, 6.45) is 2.25. The molecule has 90 valence electrons. The van der Waals surface area contributed by atoms with Crippen LogP contribution >= 0.6 is 0 Å². The molecule has 1 unspecified atom stereocenters. The Morgan fingerprint density at radius 1 is 1.50 bits per heavy atom. The Kier molecular flexibility index (Phi) is 3.14. The van der Waals surface area contributed by atoms with Gasteiger partial charge in [0.05, 0.1) is 6.54 Å². The molecule has 0 spiro atoms. The fraction of sp³-hybridized carbons (Fsp3) is 0.818. The molecule has 2 aliphatic rings. The first-order chi connectivity index (χ1) is 7.63. The summed E-state index contributed by atoms with van der Waals surface area (Å²) >= 11 is 0. The van der Waals surface area contributed by atoms with Crippen molar-refractivity contribution in [2.75, 3.05) is 26.2 Å². The second-order valence-electron chi connectivity index (χ2n) is 4.71. The maximum absolute atomic E-state index is 11.8. The van der Waals surface area contributed by atoms with Gasteiger partial charge >= 0.3 is 0 Å². The van der Waals surface area contributed by atoms with Gasteiger partial charge in [-0.05, 0) is 12.8 Å². The smallest absolute Gasteiger partial charge is 0.242 e. The highest BCUT2D eigenvalue weighted by atomic mass is 16.2. The Balaban J connectivity index is 1.91. The zero-order valence-electron chi connectivity index (χ0n) is 9.69. The van der Waals surface area contributed by atoms with E-state index in [1.54, 1.807) is 11.8 Å². The van der Waals surface area contributed by atoms with Gasteiger partial charge in [0.2, 0.25) is 11.8 Å².